The minimum Gasteiger partial charge on any atom is -0.507 e. The third kappa shape index (κ3) is 5.15. The Balaban J connectivity index is 2.01. The van der Waals surface area contributed by atoms with Gasteiger partial charge in [0.05, 0.1) is 0 Å². The predicted molar refractivity (Wildman–Crippen MR) is 99.6 cm³/mol. The van der Waals surface area contributed by atoms with Crippen LogP contribution in [-0.2, 0) is 4.79 Å². The molecular formula is C18H16N2O4S. The lowest BCUT2D eigenvalue weighted by Crippen LogP contribution is -2.32. The summed E-state index contributed by atoms with van der Waals surface area (Å²) in [6.45, 7) is 1.57. The smallest absolute Gasteiger partial charge is 0.339 e. The first-order valence-electron chi connectivity index (χ1n) is 7.29. The number of rotatable bonds is 4. The Morgan fingerprint density at radius 1 is 1.16 bits per heavy atom. The van der Waals surface area contributed by atoms with Gasteiger partial charge in [-0.1, -0.05) is 30.3 Å². The SMILES string of the molecule is Cc1cc(NC(=S)NC(=O)/C=C/c2ccccc2)cc(C(=O)O)c1O. The maximum Gasteiger partial charge on any atom is 0.339 e. The highest BCUT2D eigenvalue weighted by molar-refractivity contribution is 7.80. The number of hydrogen-bond acceptors (Lipinski definition) is 4. The number of aromatic hydroxyl groups is 1. The van der Waals surface area contributed by atoms with E-state index in [2.05, 4.69) is 10.6 Å². The quantitative estimate of drug-likeness (QED) is 0.382. The first-order chi connectivity index (χ1) is 11.9. The summed E-state index contributed by atoms with van der Waals surface area (Å²) >= 11 is 5.04. The van der Waals surface area contributed by atoms with Crippen molar-refractivity contribution in [2.45, 2.75) is 6.92 Å². The number of thiocarbonyl (C=S) groups is 1. The van der Waals surface area contributed by atoms with Gasteiger partial charge in [0, 0.05) is 11.8 Å². The number of aromatic carboxylic acids is 1. The molecule has 0 bridgehead atoms. The van der Waals surface area contributed by atoms with E-state index in [1.165, 1.54) is 18.2 Å². The van der Waals surface area contributed by atoms with Gasteiger partial charge in [-0.3, -0.25) is 10.1 Å². The second-order valence-corrected chi connectivity index (χ2v) is 5.59. The Bertz CT molecular complexity index is 848. The molecule has 6 nitrogen and oxygen atoms in total. The van der Waals surface area contributed by atoms with Crippen molar-refractivity contribution in [3.8, 4) is 5.75 Å². The lowest BCUT2D eigenvalue weighted by molar-refractivity contribution is -0.115. The van der Waals surface area contributed by atoms with E-state index in [0.717, 1.165) is 5.56 Å². The van der Waals surface area contributed by atoms with Crippen LogP contribution in [0.5, 0.6) is 5.75 Å². The number of carbonyl (C=O) groups is 2. The third-order valence-corrected chi connectivity index (χ3v) is 3.46. The highest BCUT2D eigenvalue weighted by Gasteiger charge is 2.14. The third-order valence-electron chi connectivity index (χ3n) is 3.25. The van der Waals surface area contributed by atoms with E-state index in [0.29, 0.717) is 11.3 Å². The van der Waals surface area contributed by atoms with E-state index in [1.54, 1.807) is 13.0 Å². The fourth-order valence-electron chi connectivity index (χ4n) is 2.07. The zero-order valence-electron chi connectivity index (χ0n) is 13.3. The summed E-state index contributed by atoms with van der Waals surface area (Å²) in [5, 5.41) is 24.0. The van der Waals surface area contributed by atoms with Gasteiger partial charge < -0.3 is 15.5 Å². The zero-order chi connectivity index (χ0) is 18.4. The van der Waals surface area contributed by atoms with Crippen LogP contribution in [0.15, 0.2) is 48.5 Å². The molecule has 0 aliphatic carbocycles. The first kappa shape index (κ1) is 18.2. The normalized spacial score (nSPS) is 10.4. The van der Waals surface area contributed by atoms with Gasteiger partial charge in [0.1, 0.15) is 11.3 Å². The van der Waals surface area contributed by atoms with E-state index in [1.807, 2.05) is 30.3 Å². The number of anilines is 1. The van der Waals surface area contributed by atoms with Crippen LogP contribution in [0.25, 0.3) is 6.08 Å². The van der Waals surface area contributed by atoms with E-state index in [9.17, 15) is 14.7 Å². The molecule has 2 aromatic carbocycles. The lowest BCUT2D eigenvalue weighted by atomic mass is 10.1. The first-order valence-corrected chi connectivity index (χ1v) is 7.69. The van der Waals surface area contributed by atoms with Gasteiger partial charge in [-0.2, -0.15) is 0 Å². The Morgan fingerprint density at radius 2 is 1.84 bits per heavy atom. The highest BCUT2D eigenvalue weighted by Crippen LogP contribution is 2.26. The van der Waals surface area contributed by atoms with Crippen LogP contribution >= 0.6 is 12.2 Å². The van der Waals surface area contributed by atoms with Crippen LogP contribution < -0.4 is 10.6 Å². The Kier molecular flexibility index (Phi) is 5.86. The molecule has 0 aliphatic heterocycles. The zero-order valence-corrected chi connectivity index (χ0v) is 14.1. The summed E-state index contributed by atoms with van der Waals surface area (Å²) < 4.78 is 0. The molecular weight excluding hydrogens is 340 g/mol. The summed E-state index contributed by atoms with van der Waals surface area (Å²) in [7, 11) is 0. The van der Waals surface area contributed by atoms with Gasteiger partial charge >= 0.3 is 5.97 Å². The summed E-state index contributed by atoms with van der Waals surface area (Å²) in [5.41, 5.74) is 1.35. The largest absolute Gasteiger partial charge is 0.507 e. The molecule has 0 aromatic heterocycles. The van der Waals surface area contributed by atoms with Crippen molar-refractivity contribution >= 4 is 41.0 Å². The molecule has 0 aliphatic rings. The number of hydrogen-bond donors (Lipinski definition) is 4. The maximum absolute atomic E-state index is 11.9. The second kappa shape index (κ2) is 8.07. The summed E-state index contributed by atoms with van der Waals surface area (Å²) in [6.07, 6.45) is 2.99. The van der Waals surface area contributed by atoms with Crippen LogP contribution in [-0.4, -0.2) is 27.2 Å². The summed E-state index contributed by atoms with van der Waals surface area (Å²) in [4.78, 5) is 23.0. The predicted octanol–water partition coefficient (Wildman–Crippen LogP) is 2.93. The molecule has 0 saturated heterocycles. The molecule has 4 N–H and O–H groups in total. The number of aryl methyl sites for hydroxylation is 1. The van der Waals surface area contributed by atoms with E-state index >= 15 is 0 Å². The average molecular weight is 356 g/mol. The monoisotopic (exact) mass is 356 g/mol. The molecule has 0 unspecified atom stereocenters. The van der Waals surface area contributed by atoms with Gasteiger partial charge in [0.25, 0.3) is 0 Å². The maximum atomic E-state index is 11.9. The highest BCUT2D eigenvalue weighted by atomic mass is 32.1. The Labute approximate surface area is 149 Å². The van der Waals surface area contributed by atoms with E-state index < -0.39 is 11.9 Å². The number of amides is 1. The molecule has 0 fully saturated rings. The van der Waals surface area contributed by atoms with Crippen LogP contribution in [0.1, 0.15) is 21.5 Å². The second-order valence-electron chi connectivity index (χ2n) is 5.18. The molecule has 0 radical (unpaired) electrons. The van der Waals surface area contributed by atoms with Crippen LogP contribution in [0.2, 0.25) is 0 Å². The summed E-state index contributed by atoms with van der Waals surface area (Å²) in [5.74, 6) is -1.99. The lowest BCUT2D eigenvalue weighted by Gasteiger charge is -2.11. The molecule has 2 rings (SSSR count). The van der Waals surface area contributed by atoms with Crippen molar-refractivity contribution in [2.24, 2.45) is 0 Å². The fraction of sp³-hybridized carbons (Fsp3) is 0.0556. The van der Waals surface area contributed by atoms with Crippen molar-refractivity contribution in [1.29, 1.82) is 0 Å². The Hall–Kier alpha value is -3.19. The topological polar surface area (TPSA) is 98.7 Å². The van der Waals surface area contributed by atoms with Crippen molar-refractivity contribution in [1.82, 2.24) is 5.32 Å². The molecule has 0 saturated carbocycles. The van der Waals surface area contributed by atoms with E-state index in [-0.39, 0.29) is 16.4 Å². The standard InChI is InChI=1S/C18H16N2O4S/c1-11-9-13(10-14(16(11)22)17(23)24)19-18(25)20-15(21)8-7-12-5-3-2-4-6-12/h2-10,22H,1H3,(H,23,24)(H2,19,20,21,25)/b8-7+. The Morgan fingerprint density at radius 3 is 2.48 bits per heavy atom. The van der Waals surface area contributed by atoms with Crippen molar-refractivity contribution in [3.05, 3.63) is 65.2 Å². The number of benzene rings is 2. The number of carbonyl (C=O) groups excluding carboxylic acids is 1. The van der Waals surface area contributed by atoms with Crippen molar-refractivity contribution < 1.29 is 19.8 Å². The summed E-state index contributed by atoms with van der Waals surface area (Å²) in [6, 6.07) is 12.1. The molecule has 25 heavy (non-hydrogen) atoms. The molecule has 7 heteroatoms. The van der Waals surface area contributed by atoms with Gasteiger partial charge in [-0.15, -0.1) is 0 Å². The van der Waals surface area contributed by atoms with Gasteiger partial charge in [-0.05, 0) is 48.5 Å². The van der Waals surface area contributed by atoms with Gasteiger partial charge in [0.15, 0.2) is 5.11 Å². The van der Waals surface area contributed by atoms with E-state index in [4.69, 9.17) is 17.3 Å². The number of phenols is 1. The minimum atomic E-state index is -1.26. The van der Waals surface area contributed by atoms with Gasteiger partial charge in [0.2, 0.25) is 5.91 Å². The molecule has 1 amide bonds. The van der Waals surface area contributed by atoms with Crippen LogP contribution in [0.3, 0.4) is 0 Å². The number of nitrogens with one attached hydrogen (secondary N) is 2. The fourth-order valence-corrected chi connectivity index (χ4v) is 2.29. The minimum absolute atomic E-state index is 0.0177. The molecule has 128 valence electrons. The van der Waals surface area contributed by atoms with Crippen molar-refractivity contribution in [2.75, 3.05) is 5.32 Å². The molecule has 0 heterocycles. The average Bonchev–Trinajstić information content (AvgIpc) is 2.56. The molecule has 0 atom stereocenters. The van der Waals surface area contributed by atoms with Crippen molar-refractivity contribution in [3.63, 3.8) is 0 Å². The molecule has 2 aromatic rings. The van der Waals surface area contributed by atoms with Crippen LogP contribution in [0, 0.1) is 6.92 Å². The van der Waals surface area contributed by atoms with Crippen LogP contribution in [0.4, 0.5) is 5.69 Å². The number of carboxylic acids is 1. The number of carboxylic acid groups (broad SMARTS) is 1. The van der Waals surface area contributed by atoms with Gasteiger partial charge in [-0.25, -0.2) is 4.79 Å². The molecule has 0 spiro atoms.